The van der Waals surface area contributed by atoms with Crippen LogP contribution in [-0.2, 0) is 9.59 Å². The summed E-state index contributed by atoms with van der Waals surface area (Å²) in [5.74, 6) is -4.30. The Morgan fingerprint density at radius 1 is 1.19 bits per heavy atom. The zero-order chi connectivity index (χ0) is 15.4. The number of benzene rings is 1. The van der Waals surface area contributed by atoms with Gasteiger partial charge in [-0.2, -0.15) is 0 Å². The van der Waals surface area contributed by atoms with E-state index in [4.69, 9.17) is 4.74 Å². The van der Waals surface area contributed by atoms with E-state index in [0.29, 0.717) is 11.3 Å². The molecule has 3 rings (SSSR count). The van der Waals surface area contributed by atoms with Crippen LogP contribution in [0, 0.1) is 19.8 Å². The summed E-state index contributed by atoms with van der Waals surface area (Å²) < 4.78 is 5.50. The molecule has 0 spiro atoms. The van der Waals surface area contributed by atoms with Gasteiger partial charge in [0.1, 0.15) is 5.75 Å². The van der Waals surface area contributed by atoms with Crippen molar-refractivity contribution in [3.63, 3.8) is 0 Å². The number of imide groups is 1. The van der Waals surface area contributed by atoms with Crippen LogP contribution in [-0.4, -0.2) is 28.5 Å². The lowest BCUT2D eigenvalue weighted by Crippen LogP contribution is -2.53. The van der Waals surface area contributed by atoms with Crippen LogP contribution < -0.4 is 10.1 Å². The normalized spacial score (nSPS) is 25.6. The number of aliphatic hydroxyl groups is 1. The zero-order valence-corrected chi connectivity index (χ0v) is 11.7. The van der Waals surface area contributed by atoms with Crippen LogP contribution in [0.5, 0.6) is 5.75 Å². The Bertz CT molecular complexity index is 665. The first kappa shape index (κ1) is 13.8. The summed E-state index contributed by atoms with van der Waals surface area (Å²) in [6.45, 7) is 3.62. The van der Waals surface area contributed by atoms with Crippen molar-refractivity contribution < 1.29 is 24.2 Å². The van der Waals surface area contributed by atoms with Crippen LogP contribution >= 0.6 is 0 Å². The molecule has 1 saturated heterocycles. The number of nitrogens with one attached hydrogen (secondary N) is 1. The topological polar surface area (TPSA) is 92.7 Å². The van der Waals surface area contributed by atoms with Gasteiger partial charge in [0.05, 0.1) is 11.5 Å². The molecule has 110 valence electrons. The van der Waals surface area contributed by atoms with Crippen molar-refractivity contribution in [1.82, 2.24) is 5.32 Å². The first-order valence-corrected chi connectivity index (χ1v) is 6.71. The summed E-state index contributed by atoms with van der Waals surface area (Å²) in [5.41, 5.74) is 1.92. The molecule has 0 saturated carbocycles. The number of fused-ring (bicyclic) bond motifs is 1. The number of Topliss-reactive ketones (excluding diaryl/α,β-unsaturated/α-hetero) is 1. The molecular weight excluding hydrogens is 274 g/mol. The quantitative estimate of drug-likeness (QED) is 0.739. The van der Waals surface area contributed by atoms with Gasteiger partial charge in [0.25, 0.3) is 5.79 Å². The number of ketones is 1. The van der Waals surface area contributed by atoms with Gasteiger partial charge in [0, 0.05) is 12.8 Å². The maximum atomic E-state index is 12.5. The minimum Gasteiger partial charge on any atom is -0.453 e. The average molecular weight is 289 g/mol. The lowest BCUT2D eigenvalue weighted by Gasteiger charge is -2.31. The Balaban J connectivity index is 2.01. The van der Waals surface area contributed by atoms with E-state index >= 15 is 0 Å². The van der Waals surface area contributed by atoms with E-state index < -0.39 is 29.3 Å². The van der Waals surface area contributed by atoms with Gasteiger partial charge in [-0.15, -0.1) is 0 Å². The number of hydrogen-bond donors (Lipinski definition) is 2. The van der Waals surface area contributed by atoms with Gasteiger partial charge in [0.2, 0.25) is 17.6 Å². The van der Waals surface area contributed by atoms with Gasteiger partial charge in [-0.1, -0.05) is 6.07 Å². The number of aryl methyl sites for hydroxylation is 2. The average Bonchev–Trinajstić information content (AvgIpc) is 2.64. The third kappa shape index (κ3) is 2.03. The van der Waals surface area contributed by atoms with Crippen LogP contribution in [0.25, 0.3) is 0 Å². The number of rotatable bonds is 1. The Kier molecular flexibility index (Phi) is 2.88. The minimum atomic E-state index is -2.14. The van der Waals surface area contributed by atoms with Crippen molar-refractivity contribution in [3.8, 4) is 5.75 Å². The molecule has 1 atom stereocenters. The first-order valence-electron chi connectivity index (χ1n) is 6.71. The van der Waals surface area contributed by atoms with Crippen molar-refractivity contribution in [2.75, 3.05) is 0 Å². The Morgan fingerprint density at radius 2 is 1.81 bits per heavy atom. The highest BCUT2D eigenvalue weighted by Gasteiger charge is 2.55. The molecule has 0 aromatic heterocycles. The van der Waals surface area contributed by atoms with Gasteiger partial charge >= 0.3 is 0 Å². The van der Waals surface area contributed by atoms with Crippen LogP contribution in [0.1, 0.15) is 34.3 Å². The van der Waals surface area contributed by atoms with E-state index in [1.807, 2.05) is 13.0 Å². The number of ether oxygens (including phenoxy) is 1. The van der Waals surface area contributed by atoms with Crippen LogP contribution in [0.15, 0.2) is 12.1 Å². The van der Waals surface area contributed by atoms with Crippen molar-refractivity contribution in [2.24, 2.45) is 5.92 Å². The molecule has 2 aliphatic heterocycles. The van der Waals surface area contributed by atoms with Gasteiger partial charge < -0.3 is 9.84 Å². The SMILES string of the molecule is Cc1cc(C)c2c(c1)C(=O)C(O)(C1CC(=O)NC(=O)C1)O2. The van der Waals surface area contributed by atoms with Crippen LogP contribution in [0.3, 0.4) is 0 Å². The molecule has 2 amide bonds. The minimum absolute atomic E-state index is 0.125. The summed E-state index contributed by atoms with van der Waals surface area (Å²) in [7, 11) is 0. The summed E-state index contributed by atoms with van der Waals surface area (Å²) >= 11 is 0. The highest BCUT2D eigenvalue weighted by atomic mass is 16.6. The first-order chi connectivity index (χ1) is 9.81. The molecule has 0 aliphatic carbocycles. The van der Waals surface area contributed by atoms with Crippen molar-refractivity contribution >= 4 is 17.6 Å². The molecule has 0 bridgehead atoms. The van der Waals surface area contributed by atoms with E-state index in [9.17, 15) is 19.5 Å². The predicted molar refractivity (Wildman–Crippen MR) is 71.7 cm³/mol. The Morgan fingerprint density at radius 3 is 2.43 bits per heavy atom. The van der Waals surface area contributed by atoms with E-state index in [-0.39, 0.29) is 12.8 Å². The maximum absolute atomic E-state index is 12.5. The maximum Gasteiger partial charge on any atom is 0.276 e. The Labute approximate surface area is 121 Å². The molecule has 1 aromatic carbocycles. The van der Waals surface area contributed by atoms with E-state index in [2.05, 4.69) is 5.32 Å². The number of amides is 2. The largest absolute Gasteiger partial charge is 0.453 e. The van der Waals surface area contributed by atoms with Gasteiger partial charge in [-0.25, -0.2) is 0 Å². The van der Waals surface area contributed by atoms with Crippen LogP contribution in [0.4, 0.5) is 0 Å². The second kappa shape index (κ2) is 4.39. The molecule has 0 radical (unpaired) electrons. The molecule has 2 N–H and O–H groups in total. The number of hydrogen-bond acceptors (Lipinski definition) is 5. The molecule has 1 fully saturated rings. The van der Waals surface area contributed by atoms with Gasteiger partial charge in [-0.3, -0.25) is 19.7 Å². The standard InChI is InChI=1S/C15H15NO5/c1-7-3-8(2)13-10(4-7)14(19)15(20,21-13)9-5-11(17)16-12(18)6-9/h3-4,9,20H,5-6H2,1-2H3,(H,16,17,18). The fraction of sp³-hybridized carbons (Fsp3) is 0.400. The molecule has 21 heavy (non-hydrogen) atoms. The molecule has 2 aliphatic rings. The molecule has 1 aromatic rings. The number of piperidine rings is 1. The number of carbonyl (C=O) groups excluding carboxylic acids is 3. The third-order valence-electron chi connectivity index (χ3n) is 3.94. The lowest BCUT2D eigenvalue weighted by atomic mass is 9.85. The molecular formula is C15H15NO5. The smallest absolute Gasteiger partial charge is 0.276 e. The van der Waals surface area contributed by atoms with Gasteiger partial charge in [-0.05, 0) is 31.0 Å². The fourth-order valence-electron chi connectivity index (χ4n) is 2.98. The zero-order valence-electron chi connectivity index (χ0n) is 11.7. The summed E-state index contributed by atoms with van der Waals surface area (Å²) in [6, 6.07) is 3.49. The molecule has 6 heteroatoms. The molecule has 2 heterocycles. The summed E-state index contributed by atoms with van der Waals surface area (Å²) in [4.78, 5) is 35.5. The third-order valence-corrected chi connectivity index (χ3v) is 3.94. The van der Waals surface area contributed by atoms with E-state index in [1.165, 1.54) is 0 Å². The fourth-order valence-corrected chi connectivity index (χ4v) is 2.98. The molecule has 1 unspecified atom stereocenters. The number of carbonyl (C=O) groups is 3. The predicted octanol–water partition coefficient (Wildman–Crippen LogP) is 0.620. The monoisotopic (exact) mass is 289 g/mol. The highest BCUT2D eigenvalue weighted by Crippen LogP contribution is 2.42. The summed E-state index contributed by atoms with van der Waals surface area (Å²) in [6.07, 6.45) is -0.250. The second-order valence-electron chi connectivity index (χ2n) is 5.66. The van der Waals surface area contributed by atoms with Crippen molar-refractivity contribution in [1.29, 1.82) is 0 Å². The van der Waals surface area contributed by atoms with Crippen molar-refractivity contribution in [2.45, 2.75) is 32.5 Å². The molecule has 6 nitrogen and oxygen atoms in total. The lowest BCUT2D eigenvalue weighted by molar-refractivity contribution is -0.157. The van der Waals surface area contributed by atoms with Gasteiger partial charge in [0.15, 0.2) is 0 Å². The van der Waals surface area contributed by atoms with Crippen molar-refractivity contribution in [3.05, 3.63) is 28.8 Å². The highest BCUT2D eigenvalue weighted by molar-refractivity contribution is 6.08. The second-order valence-corrected chi connectivity index (χ2v) is 5.66. The van der Waals surface area contributed by atoms with E-state index in [0.717, 1.165) is 11.1 Å². The van der Waals surface area contributed by atoms with Crippen LogP contribution in [0.2, 0.25) is 0 Å². The van der Waals surface area contributed by atoms with E-state index in [1.54, 1.807) is 13.0 Å². The Hall–Kier alpha value is -2.21. The summed E-state index contributed by atoms with van der Waals surface area (Å²) in [5, 5.41) is 12.8.